The molecule has 1 heterocycles. The summed E-state index contributed by atoms with van der Waals surface area (Å²) in [6, 6.07) is 12.0. The highest BCUT2D eigenvalue weighted by Gasteiger charge is 2.32. The van der Waals surface area contributed by atoms with E-state index >= 15 is 0 Å². The summed E-state index contributed by atoms with van der Waals surface area (Å²) in [5.74, 6) is -3.36. The second kappa shape index (κ2) is 15.7. The van der Waals surface area contributed by atoms with Crippen LogP contribution in [-0.4, -0.2) is 75.7 Å². The number of hydrogen-bond donors (Lipinski definition) is 8. The van der Waals surface area contributed by atoms with Gasteiger partial charge < -0.3 is 42.6 Å². The molecule has 0 aliphatic rings. The highest BCUT2D eigenvalue weighted by atomic mass is 16.4. The van der Waals surface area contributed by atoms with Gasteiger partial charge in [0.2, 0.25) is 17.7 Å². The third-order valence-corrected chi connectivity index (χ3v) is 6.99. The number of carboxylic acid groups (broad SMARTS) is 1. The van der Waals surface area contributed by atoms with Crippen molar-refractivity contribution in [2.45, 2.75) is 69.3 Å². The molecule has 5 atom stereocenters. The number of aliphatic carboxylic acids is 1. The zero-order valence-electron chi connectivity index (χ0n) is 23.6. The van der Waals surface area contributed by atoms with E-state index in [1.54, 1.807) is 18.3 Å². The van der Waals surface area contributed by atoms with Crippen LogP contribution in [0.5, 0.6) is 0 Å². The van der Waals surface area contributed by atoms with E-state index in [0.29, 0.717) is 19.4 Å². The van der Waals surface area contributed by atoms with Gasteiger partial charge in [-0.3, -0.25) is 14.4 Å². The van der Waals surface area contributed by atoms with Gasteiger partial charge in [0.15, 0.2) is 6.04 Å². The number of carbonyl (C=O) groups is 4. The molecule has 3 rings (SSSR count). The summed E-state index contributed by atoms with van der Waals surface area (Å²) in [6.07, 6.45) is 2.02. The predicted molar refractivity (Wildman–Crippen MR) is 158 cm³/mol. The molecule has 2 aromatic carbocycles. The van der Waals surface area contributed by atoms with Gasteiger partial charge in [-0.05, 0) is 56.3 Å². The summed E-state index contributed by atoms with van der Waals surface area (Å²) in [5.41, 5.74) is 14.4. The van der Waals surface area contributed by atoms with Gasteiger partial charge in [0, 0.05) is 23.5 Å². The quantitative estimate of drug-likeness (QED) is 0.110. The fourth-order valence-electron chi connectivity index (χ4n) is 4.64. The molecular formula is C30H40N6O6. The first-order valence-corrected chi connectivity index (χ1v) is 14.0. The van der Waals surface area contributed by atoms with Gasteiger partial charge in [0.1, 0.15) is 12.1 Å². The zero-order chi connectivity index (χ0) is 30.6. The van der Waals surface area contributed by atoms with Crippen LogP contribution in [0.3, 0.4) is 0 Å². The lowest BCUT2D eigenvalue weighted by Crippen LogP contribution is -2.58. The standard InChI is InChI=1S/C30H40N6O6/c1-18(37)26(30(41)42)36-28(39)24(13-7-8-14-31)34-29(40)25(15-19-9-3-2-4-10-19)35-27(38)22(32)16-20-17-33-23-12-6-5-11-21(20)23/h2-6,9-12,17-18,22,24-26,33,37H,7-8,13-16,31-32H2,1H3,(H,34,40)(H,35,38)(H,36,39)(H,41,42). The van der Waals surface area contributed by atoms with Gasteiger partial charge in [-0.25, -0.2) is 4.79 Å². The number of aliphatic hydroxyl groups is 1. The maximum absolute atomic E-state index is 13.6. The SMILES string of the molecule is CC(O)C(NC(=O)C(CCCCN)NC(=O)C(Cc1ccccc1)NC(=O)C(N)Cc1c[nH]c2ccccc12)C(=O)O. The minimum Gasteiger partial charge on any atom is -0.480 e. The molecule has 0 bridgehead atoms. The van der Waals surface area contributed by atoms with E-state index in [1.807, 2.05) is 42.5 Å². The van der Waals surface area contributed by atoms with Crippen LogP contribution in [0, 0.1) is 0 Å². The molecule has 0 aliphatic carbocycles. The van der Waals surface area contributed by atoms with Crippen molar-refractivity contribution in [2.24, 2.45) is 11.5 Å². The summed E-state index contributed by atoms with van der Waals surface area (Å²) >= 11 is 0. The monoisotopic (exact) mass is 580 g/mol. The minimum absolute atomic E-state index is 0.126. The summed E-state index contributed by atoms with van der Waals surface area (Å²) in [5, 5.41) is 27.8. The van der Waals surface area contributed by atoms with Crippen molar-refractivity contribution in [2.75, 3.05) is 6.54 Å². The van der Waals surface area contributed by atoms with Gasteiger partial charge in [-0.15, -0.1) is 0 Å². The topological polar surface area (TPSA) is 213 Å². The van der Waals surface area contributed by atoms with Crippen LogP contribution < -0.4 is 27.4 Å². The molecule has 0 aliphatic heterocycles. The molecule has 3 aromatic rings. The molecule has 42 heavy (non-hydrogen) atoms. The molecule has 0 radical (unpaired) electrons. The number of rotatable bonds is 16. The second-order valence-electron chi connectivity index (χ2n) is 10.3. The van der Waals surface area contributed by atoms with E-state index in [2.05, 4.69) is 20.9 Å². The maximum atomic E-state index is 13.6. The Morgan fingerprint density at radius 1 is 0.857 bits per heavy atom. The first-order valence-electron chi connectivity index (χ1n) is 14.0. The van der Waals surface area contributed by atoms with Crippen molar-refractivity contribution in [3.05, 3.63) is 71.9 Å². The Morgan fingerprint density at radius 3 is 2.17 bits per heavy atom. The van der Waals surface area contributed by atoms with Crippen molar-refractivity contribution < 1.29 is 29.4 Å². The van der Waals surface area contributed by atoms with Gasteiger partial charge in [-0.2, -0.15) is 0 Å². The lowest BCUT2D eigenvalue weighted by molar-refractivity contribution is -0.145. The molecular weight excluding hydrogens is 540 g/mol. The van der Waals surface area contributed by atoms with E-state index < -0.39 is 54.0 Å². The number of aromatic amines is 1. The van der Waals surface area contributed by atoms with Crippen LogP contribution in [0.25, 0.3) is 10.9 Å². The van der Waals surface area contributed by atoms with Crippen molar-refractivity contribution in [3.63, 3.8) is 0 Å². The van der Waals surface area contributed by atoms with E-state index in [1.165, 1.54) is 6.92 Å². The number of para-hydroxylation sites is 1. The van der Waals surface area contributed by atoms with Gasteiger partial charge in [0.05, 0.1) is 12.1 Å². The van der Waals surface area contributed by atoms with E-state index in [4.69, 9.17) is 11.5 Å². The third kappa shape index (κ3) is 9.13. The van der Waals surface area contributed by atoms with Crippen LogP contribution in [0.15, 0.2) is 60.8 Å². The van der Waals surface area contributed by atoms with E-state index in [9.17, 15) is 29.4 Å². The first kappa shape index (κ1) is 32.3. The average molecular weight is 581 g/mol. The van der Waals surface area contributed by atoms with Crippen molar-refractivity contribution in [3.8, 4) is 0 Å². The van der Waals surface area contributed by atoms with Crippen LogP contribution in [0.4, 0.5) is 0 Å². The van der Waals surface area contributed by atoms with Gasteiger partial charge in [-0.1, -0.05) is 48.5 Å². The van der Waals surface area contributed by atoms with Crippen molar-refractivity contribution in [1.29, 1.82) is 0 Å². The molecule has 0 saturated carbocycles. The molecule has 1 aromatic heterocycles. The van der Waals surface area contributed by atoms with Crippen molar-refractivity contribution in [1.82, 2.24) is 20.9 Å². The Hall–Kier alpha value is -4.26. The number of fused-ring (bicyclic) bond motifs is 1. The smallest absolute Gasteiger partial charge is 0.328 e. The lowest BCUT2D eigenvalue weighted by atomic mass is 10.0. The minimum atomic E-state index is -1.56. The van der Waals surface area contributed by atoms with E-state index in [-0.39, 0.29) is 19.3 Å². The lowest BCUT2D eigenvalue weighted by Gasteiger charge is -2.26. The van der Waals surface area contributed by atoms with E-state index in [0.717, 1.165) is 22.0 Å². The number of amides is 3. The molecule has 0 saturated heterocycles. The average Bonchev–Trinajstić information content (AvgIpc) is 3.37. The number of H-pyrrole nitrogens is 1. The fraction of sp³-hybridized carbons (Fsp3) is 0.400. The number of benzene rings is 2. The Labute approximate surface area is 244 Å². The highest BCUT2D eigenvalue weighted by molar-refractivity contribution is 5.94. The number of carboxylic acids is 1. The Bertz CT molecular complexity index is 1340. The normalized spacial score (nSPS) is 14.8. The summed E-state index contributed by atoms with van der Waals surface area (Å²) < 4.78 is 0. The Balaban J connectivity index is 1.77. The molecule has 226 valence electrons. The Kier molecular flexibility index (Phi) is 12.0. The van der Waals surface area contributed by atoms with Crippen molar-refractivity contribution >= 4 is 34.6 Å². The number of unbranched alkanes of at least 4 members (excludes halogenated alkanes) is 1. The first-order chi connectivity index (χ1) is 20.1. The van der Waals surface area contributed by atoms with Gasteiger partial charge >= 0.3 is 5.97 Å². The van der Waals surface area contributed by atoms with Crippen LogP contribution in [0.1, 0.15) is 37.3 Å². The predicted octanol–water partition coefficient (Wildman–Crippen LogP) is 0.329. The Morgan fingerprint density at radius 2 is 1.50 bits per heavy atom. The molecule has 10 N–H and O–H groups in total. The molecule has 12 nitrogen and oxygen atoms in total. The number of hydrogen-bond acceptors (Lipinski definition) is 7. The summed E-state index contributed by atoms with van der Waals surface area (Å²) in [4.78, 5) is 54.5. The highest BCUT2D eigenvalue weighted by Crippen LogP contribution is 2.19. The number of nitrogens with one attached hydrogen (secondary N) is 4. The second-order valence-corrected chi connectivity index (χ2v) is 10.3. The van der Waals surface area contributed by atoms with Gasteiger partial charge in [0.25, 0.3) is 0 Å². The molecule has 3 amide bonds. The maximum Gasteiger partial charge on any atom is 0.328 e. The zero-order valence-corrected chi connectivity index (χ0v) is 23.6. The third-order valence-electron chi connectivity index (χ3n) is 6.99. The summed E-state index contributed by atoms with van der Waals surface area (Å²) in [7, 11) is 0. The molecule has 12 heteroatoms. The number of carbonyl (C=O) groups excluding carboxylic acids is 3. The molecule has 0 fully saturated rings. The number of aliphatic hydroxyl groups excluding tert-OH is 1. The van der Waals surface area contributed by atoms with Crippen LogP contribution >= 0.6 is 0 Å². The number of aromatic nitrogens is 1. The largest absolute Gasteiger partial charge is 0.480 e. The van der Waals surface area contributed by atoms with Crippen LogP contribution in [0.2, 0.25) is 0 Å². The molecule has 0 spiro atoms. The molecule has 5 unspecified atom stereocenters. The number of nitrogens with two attached hydrogens (primary N) is 2. The van der Waals surface area contributed by atoms with Crippen LogP contribution in [-0.2, 0) is 32.0 Å². The summed E-state index contributed by atoms with van der Waals surface area (Å²) in [6.45, 7) is 1.61. The fourth-order valence-corrected chi connectivity index (χ4v) is 4.64.